The van der Waals surface area contributed by atoms with Gasteiger partial charge < -0.3 is 4.74 Å². The van der Waals surface area contributed by atoms with Crippen LogP contribution in [0.15, 0.2) is 41.5 Å². The molecule has 0 saturated carbocycles. The average Bonchev–Trinajstić information content (AvgIpc) is 2.47. The predicted molar refractivity (Wildman–Crippen MR) is 80.0 cm³/mol. The molecule has 2 rings (SSSR count). The van der Waals surface area contributed by atoms with Crippen LogP contribution in [0, 0.1) is 18.6 Å². The molecule has 2 aromatic rings. The molecule has 0 atom stereocenters. The molecule has 0 bridgehead atoms. The van der Waals surface area contributed by atoms with Crippen molar-refractivity contribution in [3.63, 3.8) is 0 Å². The fraction of sp³-hybridized carbons (Fsp3) is 0.188. The summed E-state index contributed by atoms with van der Waals surface area (Å²) in [5, 5.41) is 3.94. The van der Waals surface area contributed by atoms with E-state index in [0.717, 1.165) is 11.6 Å². The van der Waals surface area contributed by atoms with Crippen molar-refractivity contribution in [2.75, 3.05) is 5.43 Å². The number of nitrogens with zero attached hydrogens (tertiary/aromatic N) is 1. The SMILES string of the molecule is C/C(=N/Nc1ccc(F)cc1F)c1cc(C)ccc1OC(F)F. The van der Waals surface area contributed by atoms with E-state index in [1.807, 2.05) is 0 Å². The van der Waals surface area contributed by atoms with Gasteiger partial charge in [-0.2, -0.15) is 13.9 Å². The van der Waals surface area contributed by atoms with Crippen LogP contribution in [0.4, 0.5) is 23.2 Å². The van der Waals surface area contributed by atoms with E-state index in [9.17, 15) is 17.6 Å². The van der Waals surface area contributed by atoms with E-state index in [1.54, 1.807) is 26.0 Å². The summed E-state index contributed by atoms with van der Waals surface area (Å²) in [5.41, 5.74) is 3.89. The van der Waals surface area contributed by atoms with Crippen molar-refractivity contribution in [3.8, 4) is 5.75 Å². The van der Waals surface area contributed by atoms with Gasteiger partial charge in [0.1, 0.15) is 11.6 Å². The molecule has 0 amide bonds. The number of nitrogens with one attached hydrogen (secondary N) is 1. The molecule has 1 N–H and O–H groups in total. The first kappa shape index (κ1) is 16.8. The number of rotatable bonds is 5. The van der Waals surface area contributed by atoms with Gasteiger partial charge in [0.05, 0.1) is 11.4 Å². The van der Waals surface area contributed by atoms with Crippen molar-refractivity contribution >= 4 is 11.4 Å². The first-order chi connectivity index (χ1) is 10.9. The molecule has 0 aliphatic heterocycles. The van der Waals surface area contributed by atoms with Crippen molar-refractivity contribution in [2.24, 2.45) is 5.10 Å². The lowest BCUT2D eigenvalue weighted by atomic mass is 10.1. The zero-order valence-corrected chi connectivity index (χ0v) is 12.4. The molecule has 122 valence electrons. The predicted octanol–water partition coefficient (Wildman–Crippen LogP) is 4.71. The van der Waals surface area contributed by atoms with Gasteiger partial charge in [-0.15, -0.1) is 0 Å². The number of benzene rings is 2. The number of alkyl halides is 2. The molecule has 0 heterocycles. The standard InChI is InChI=1S/C16H14F4N2O/c1-9-3-6-15(23-16(19)20)12(7-9)10(2)21-22-14-5-4-11(17)8-13(14)18/h3-8,16,22H,1-2H3/b21-10-. The van der Waals surface area contributed by atoms with Crippen LogP contribution in [0.5, 0.6) is 5.75 Å². The number of hydrogen-bond donors (Lipinski definition) is 1. The maximum atomic E-state index is 13.5. The Morgan fingerprint density at radius 3 is 2.52 bits per heavy atom. The molecule has 0 spiro atoms. The number of anilines is 1. The minimum atomic E-state index is -2.97. The third-order valence-corrected chi connectivity index (χ3v) is 3.02. The minimum Gasteiger partial charge on any atom is -0.434 e. The van der Waals surface area contributed by atoms with Gasteiger partial charge in [-0.3, -0.25) is 5.43 Å². The number of hydrogen-bond acceptors (Lipinski definition) is 3. The smallest absolute Gasteiger partial charge is 0.387 e. The highest BCUT2D eigenvalue weighted by atomic mass is 19.3. The highest BCUT2D eigenvalue weighted by molar-refractivity contribution is 6.01. The van der Waals surface area contributed by atoms with Crippen molar-refractivity contribution in [1.82, 2.24) is 0 Å². The third kappa shape index (κ3) is 4.45. The van der Waals surface area contributed by atoms with Gasteiger partial charge in [0, 0.05) is 11.6 Å². The first-order valence-electron chi connectivity index (χ1n) is 6.68. The summed E-state index contributed by atoms with van der Waals surface area (Å²) < 4.78 is 55.7. The molecule has 3 nitrogen and oxygen atoms in total. The topological polar surface area (TPSA) is 33.6 Å². The van der Waals surface area contributed by atoms with Crippen LogP contribution in [-0.2, 0) is 0 Å². The van der Waals surface area contributed by atoms with E-state index in [-0.39, 0.29) is 11.4 Å². The van der Waals surface area contributed by atoms with Crippen molar-refractivity contribution in [3.05, 3.63) is 59.2 Å². The Balaban J connectivity index is 2.28. The second-order valence-corrected chi connectivity index (χ2v) is 4.81. The second kappa shape index (κ2) is 7.13. The van der Waals surface area contributed by atoms with Crippen LogP contribution in [-0.4, -0.2) is 12.3 Å². The van der Waals surface area contributed by atoms with Crippen LogP contribution in [0.3, 0.4) is 0 Å². The van der Waals surface area contributed by atoms with Gasteiger partial charge in [0.25, 0.3) is 0 Å². The summed E-state index contributed by atoms with van der Waals surface area (Å²) in [4.78, 5) is 0. The molecule has 0 fully saturated rings. The molecule has 0 aromatic heterocycles. The summed E-state index contributed by atoms with van der Waals surface area (Å²) in [6.45, 7) is 0.379. The summed E-state index contributed by atoms with van der Waals surface area (Å²) in [6.07, 6.45) is 0. The number of halogens is 4. The number of aryl methyl sites for hydroxylation is 1. The Morgan fingerprint density at radius 1 is 1.13 bits per heavy atom. The Morgan fingerprint density at radius 2 is 1.87 bits per heavy atom. The summed E-state index contributed by atoms with van der Waals surface area (Å²) in [5.74, 6) is -1.55. The van der Waals surface area contributed by atoms with Gasteiger partial charge in [-0.1, -0.05) is 11.6 Å². The van der Waals surface area contributed by atoms with Crippen LogP contribution < -0.4 is 10.2 Å². The monoisotopic (exact) mass is 326 g/mol. The lowest BCUT2D eigenvalue weighted by Gasteiger charge is -2.12. The maximum Gasteiger partial charge on any atom is 0.387 e. The molecule has 23 heavy (non-hydrogen) atoms. The van der Waals surface area contributed by atoms with E-state index < -0.39 is 18.2 Å². The van der Waals surface area contributed by atoms with E-state index >= 15 is 0 Å². The van der Waals surface area contributed by atoms with Gasteiger partial charge >= 0.3 is 6.61 Å². The Bertz CT molecular complexity index is 732. The summed E-state index contributed by atoms with van der Waals surface area (Å²) >= 11 is 0. The Hall–Kier alpha value is -2.57. The molecule has 0 unspecified atom stereocenters. The lowest BCUT2D eigenvalue weighted by Crippen LogP contribution is -2.08. The average molecular weight is 326 g/mol. The molecular formula is C16H14F4N2O. The maximum absolute atomic E-state index is 13.5. The molecular weight excluding hydrogens is 312 g/mol. The largest absolute Gasteiger partial charge is 0.434 e. The molecule has 7 heteroatoms. The number of hydrazone groups is 1. The fourth-order valence-electron chi connectivity index (χ4n) is 1.91. The van der Waals surface area contributed by atoms with Gasteiger partial charge in [-0.25, -0.2) is 8.78 Å². The van der Waals surface area contributed by atoms with Crippen LogP contribution in [0.1, 0.15) is 18.1 Å². The normalized spacial score (nSPS) is 11.7. The van der Waals surface area contributed by atoms with E-state index in [0.29, 0.717) is 17.3 Å². The van der Waals surface area contributed by atoms with Gasteiger partial charge in [0.15, 0.2) is 5.82 Å². The quantitative estimate of drug-likeness (QED) is 0.490. The summed E-state index contributed by atoms with van der Waals surface area (Å²) in [7, 11) is 0. The molecule has 0 aliphatic carbocycles. The van der Waals surface area contributed by atoms with Crippen LogP contribution in [0.25, 0.3) is 0 Å². The van der Waals surface area contributed by atoms with E-state index in [4.69, 9.17) is 0 Å². The minimum absolute atomic E-state index is 0.0327. The van der Waals surface area contributed by atoms with E-state index in [1.165, 1.54) is 12.1 Å². The Kier molecular flexibility index (Phi) is 5.20. The lowest BCUT2D eigenvalue weighted by molar-refractivity contribution is -0.0499. The molecule has 0 radical (unpaired) electrons. The van der Waals surface area contributed by atoms with Crippen LogP contribution in [0.2, 0.25) is 0 Å². The van der Waals surface area contributed by atoms with Crippen molar-refractivity contribution in [1.29, 1.82) is 0 Å². The number of ether oxygens (including phenoxy) is 1. The van der Waals surface area contributed by atoms with Gasteiger partial charge in [-0.05, 0) is 38.1 Å². The van der Waals surface area contributed by atoms with E-state index in [2.05, 4.69) is 15.3 Å². The Labute approximate surface area is 130 Å². The molecule has 2 aromatic carbocycles. The third-order valence-electron chi connectivity index (χ3n) is 3.02. The highest BCUT2D eigenvalue weighted by Gasteiger charge is 2.12. The van der Waals surface area contributed by atoms with Crippen molar-refractivity contribution < 1.29 is 22.3 Å². The fourth-order valence-corrected chi connectivity index (χ4v) is 1.91. The molecule has 0 saturated heterocycles. The van der Waals surface area contributed by atoms with Crippen LogP contribution >= 0.6 is 0 Å². The van der Waals surface area contributed by atoms with Crippen molar-refractivity contribution in [2.45, 2.75) is 20.5 Å². The van der Waals surface area contributed by atoms with Gasteiger partial charge in [0.2, 0.25) is 0 Å². The first-order valence-corrected chi connectivity index (χ1v) is 6.68. The zero-order valence-electron chi connectivity index (χ0n) is 12.4. The summed E-state index contributed by atoms with van der Waals surface area (Å²) in [6, 6.07) is 7.64. The highest BCUT2D eigenvalue weighted by Crippen LogP contribution is 2.23. The second-order valence-electron chi connectivity index (χ2n) is 4.81. The zero-order chi connectivity index (χ0) is 17.0. The molecule has 0 aliphatic rings.